The van der Waals surface area contributed by atoms with Gasteiger partial charge in [-0.1, -0.05) is 20.8 Å². The molecular formula is C14H29N3O2. The van der Waals surface area contributed by atoms with Crippen molar-refractivity contribution in [3.8, 4) is 0 Å². The fourth-order valence-corrected chi connectivity index (χ4v) is 2.09. The molecule has 5 nitrogen and oxygen atoms in total. The van der Waals surface area contributed by atoms with Gasteiger partial charge in [0.1, 0.15) is 0 Å². The van der Waals surface area contributed by atoms with Crippen LogP contribution in [0.1, 0.15) is 27.2 Å². The molecule has 1 atom stereocenters. The van der Waals surface area contributed by atoms with Crippen molar-refractivity contribution in [1.82, 2.24) is 15.5 Å². The zero-order valence-electron chi connectivity index (χ0n) is 12.6. The maximum absolute atomic E-state index is 11.2. The average Bonchev–Trinajstić information content (AvgIpc) is 2.41. The number of rotatable bonds is 8. The molecule has 1 amide bonds. The summed E-state index contributed by atoms with van der Waals surface area (Å²) >= 11 is 0. The second-order valence-corrected chi connectivity index (χ2v) is 5.55. The Morgan fingerprint density at radius 3 is 2.95 bits per heavy atom. The van der Waals surface area contributed by atoms with Crippen molar-refractivity contribution in [3.63, 3.8) is 0 Å². The second kappa shape index (κ2) is 9.28. The van der Waals surface area contributed by atoms with Crippen LogP contribution in [0.4, 0.5) is 0 Å². The van der Waals surface area contributed by atoms with E-state index in [1.165, 1.54) is 0 Å². The van der Waals surface area contributed by atoms with Crippen molar-refractivity contribution in [2.75, 3.05) is 45.9 Å². The highest BCUT2D eigenvalue weighted by molar-refractivity contribution is 5.75. The third-order valence-corrected chi connectivity index (χ3v) is 3.23. The van der Waals surface area contributed by atoms with Crippen LogP contribution in [0.15, 0.2) is 0 Å². The summed E-state index contributed by atoms with van der Waals surface area (Å²) < 4.78 is 5.67. The molecule has 1 rings (SSSR count). The minimum absolute atomic E-state index is 0.0966. The number of ether oxygens (including phenoxy) is 1. The van der Waals surface area contributed by atoms with Gasteiger partial charge in [-0.2, -0.15) is 0 Å². The summed E-state index contributed by atoms with van der Waals surface area (Å²) in [5, 5.41) is 6.35. The van der Waals surface area contributed by atoms with Gasteiger partial charge in [0.15, 0.2) is 0 Å². The molecule has 112 valence electrons. The standard InChI is InChI=1S/C14H29N3O2/c1-4-14(18)16-10-13-11-17(7-8-19-13)6-5-15-9-12(2)3/h12-13,15H,4-11H2,1-3H3,(H,16,18)/t13-/m0/s1. The Hall–Kier alpha value is -0.650. The van der Waals surface area contributed by atoms with E-state index in [1.807, 2.05) is 6.92 Å². The normalized spacial score (nSPS) is 20.7. The molecule has 0 aromatic heterocycles. The Labute approximate surface area is 117 Å². The summed E-state index contributed by atoms with van der Waals surface area (Å²) in [6.45, 7) is 12.7. The lowest BCUT2D eigenvalue weighted by Gasteiger charge is -2.33. The first-order valence-electron chi connectivity index (χ1n) is 7.43. The van der Waals surface area contributed by atoms with E-state index < -0.39 is 0 Å². The van der Waals surface area contributed by atoms with Crippen molar-refractivity contribution in [3.05, 3.63) is 0 Å². The predicted octanol–water partition coefficient (Wildman–Crippen LogP) is 0.459. The van der Waals surface area contributed by atoms with Gasteiger partial charge >= 0.3 is 0 Å². The Balaban J connectivity index is 2.13. The van der Waals surface area contributed by atoms with Crippen LogP contribution in [-0.2, 0) is 9.53 Å². The molecule has 0 aromatic rings. The summed E-state index contributed by atoms with van der Waals surface area (Å²) in [5.41, 5.74) is 0. The van der Waals surface area contributed by atoms with Crippen LogP contribution in [0, 0.1) is 5.92 Å². The monoisotopic (exact) mass is 271 g/mol. The van der Waals surface area contributed by atoms with Crippen LogP contribution >= 0.6 is 0 Å². The molecule has 1 aliphatic rings. The molecule has 1 fully saturated rings. The molecular weight excluding hydrogens is 242 g/mol. The molecule has 5 heteroatoms. The van der Waals surface area contributed by atoms with Crippen LogP contribution in [0.5, 0.6) is 0 Å². The first kappa shape index (κ1) is 16.4. The molecule has 0 aliphatic carbocycles. The molecule has 0 spiro atoms. The minimum Gasteiger partial charge on any atom is -0.374 e. The minimum atomic E-state index is 0.0966. The highest BCUT2D eigenvalue weighted by Gasteiger charge is 2.20. The van der Waals surface area contributed by atoms with Gasteiger partial charge in [-0.3, -0.25) is 9.69 Å². The molecule has 1 heterocycles. The largest absolute Gasteiger partial charge is 0.374 e. The molecule has 1 aliphatic heterocycles. The fraction of sp³-hybridized carbons (Fsp3) is 0.929. The summed E-state index contributed by atoms with van der Waals surface area (Å²) in [5.74, 6) is 0.793. The van der Waals surface area contributed by atoms with E-state index in [4.69, 9.17) is 4.74 Å². The molecule has 0 radical (unpaired) electrons. The Morgan fingerprint density at radius 2 is 2.26 bits per heavy atom. The zero-order chi connectivity index (χ0) is 14.1. The molecule has 0 unspecified atom stereocenters. The highest BCUT2D eigenvalue weighted by Crippen LogP contribution is 2.03. The average molecular weight is 271 g/mol. The number of amides is 1. The van der Waals surface area contributed by atoms with Crippen molar-refractivity contribution in [2.24, 2.45) is 5.92 Å². The molecule has 2 N–H and O–H groups in total. The fourth-order valence-electron chi connectivity index (χ4n) is 2.09. The number of morpholine rings is 1. The quantitative estimate of drug-likeness (QED) is 0.630. The molecule has 1 saturated heterocycles. The van der Waals surface area contributed by atoms with Gasteiger partial charge < -0.3 is 15.4 Å². The molecule has 0 bridgehead atoms. The van der Waals surface area contributed by atoms with Crippen LogP contribution in [0.25, 0.3) is 0 Å². The van der Waals surface area contributed by atoms with Gasteiger partial charge in [0.05, 0.1) is 12.7 Å². The van der Waals surface area contributed by atoms with Crippen LogP contribution in [0.3, 0.4) is 0 Å². The van der Waals surface area contributed by atoms with Gasteiger partial charge in [-0.25, -0.2) is 0 Å². The van der Waals surface area contributed by atoms with E-state index in [2.05, 4.69) is 29.4 Å². The molecule has 0 aromatic carbocycles. The van der Waals surface area contributed by atoms with E-state index in [9.17, 15) is 4.79 Å². The number of carbonyl (C=O) groups is 1. The van der Waals surface area contributed by atoms with E-state index >= 15 is 0 Å². The number of nitrogens with one attached hydrogen (secondary N) is 2. The third-order valence-electron chi connectivity index (χ3n) is 3.23. The highest BCUT2D eigenvalue weighted by atomic mass is 16.5. The summed E-state index contributed by atoms with van der Waals surface area (Å²) in [6, 6.07) is 0. The first-order chi connectivity index (χ1) is 9.11. The Bertz CT molecular complexity index is 259. The van der Waals surface area contributed by atoms with Gasteiger partial charge in [0.25, 0.3) is 0 Å². The predicted molar refractivity (Wildman–Crippen MR) is 77.2 cm³/mol. The van der Waals surface area contributed by atoms with Crippen molar-refractivity contribution < 1.29 is 9.53 Å². The maximum atomic E-state index is 11.2. The lowest BCUT2D eigenvalue weighted by molar-refractivity contribution is -0.122. The number of carbonyl (C=O) groups excluding carboxylic acids is 1. The van der Waals surface area contributed by atoms with Gasteiger partial charge in [0, 0.05) is 39.1 Å². The Morgan fingerprint density at radius 1 is 1.47 bits per heavy atom. The van der Waals surface area contributed by atoms with Crippen molar-refractivity contribution >= 4 is 5.91 Å². The molecule has 19 heavy (non-hydrogen) atoms. The topological polar surface area (TPSA) is 53.6 Å². The molecule has 0 saturated carbocycles. The lowest BCUT2D eigenvalue weighted by atomic mass is 10.2. The van der Waals surface area contributed by atoms with Crippen LogP contribution in [0.2, 0.25) is 0 Å². The number of hydrogen-bond donors (Lipinski definition) is 2. The van der Waals surface area contributed by atoms with Crippen molar-refractivity contribution in [2.45, 2.75) is 33.3 Å². The van der Waals surface area contributed by atoms with E-state index in [0.717, 1.165) is 39.3 Å². The number of hydrogen-bond acceptors (Lipinski definition) is 4. The summed E-state index contributed by atoms with van der Waals surface area (Å²) in [4.78, 5) is 13.6. The maximum Gasteiger partial charge on any atom is 0.219 e. The van der Waals surface area contributed by atoms with Gasteiger partial charge in [-0.15, -0.1) is 0 Å². The first-order valence-corrected chi connectivity index (χ1v) is 7.43. The van der Waals surface area contributed by atoms with E-state index in [1.54, 1.807) is 0 Å². The van der Waals surface area contributed by atoms with Gasteiger partial charge in [-0.05, 0) is 12.5 Å². The number of nitrogens with zero attached hydrogens (tertiary/aromatic N) is 1. The SMILES string of the molecule is CCC(=O)NC[C@H]1CN(CCNCC(C)C)CCO1. The third kappa shape index (κ3) is 7.50. The van der Waals surface area contributed by atoms with Crippen LogP contribution in [-0.4, -0.2) is 62.8 Å². The lowest BCUT2D eigenvalue weighted by Crippen LogP contribution is -2.49. The summed E-state index contributed by atoms with van der Waals surface area (Å²) in [6.07, 6.45) is 0.671. The second-order valence-electron chi connectivity index (χ2n) is 5.55. The van der Waals surface area contributed by atoms with Gasteiger partial charge in [0.2, 0.25) is 5.91 Å². The van der Waals surface area contributed by atoms with E-state index in [0.29, 0.717) is 18.9 Å². The zero-order valence-corrected chi connectivity index (χ0v) is 12.6. The van der Waals surface area contributed by atoms with Crippen molar-refractivity contribution in [1.29, 1.82) is 0 Å². The van der Waals surface area contributed by atoms with Crippen LogP contribution < -0.4 is 10.6 Å². The van der Waals surface area contributed by atoms with E-state index in [-0.39, 0.29) is 12.0 Å². The summed E-state index contributed by atoms with van der Waals surface area (Å²) in [7, 11) is 0. The smallest absolute Gasteiger partial charge is 0.219 e. The Kier molecular flexibility index (Phi) is 8.02.